The second-order valence-corrected chi connectivity index (χ2v) is 3.82. The molecule has 0 bridgehead atoms. The van der Waals surface area contributed by atoms with E-state index in [1.165, 1.54) is 17.6 Å². The van der Waals surface area contributed by atoms with Crippen molar-refractivity contribution < 1.29 is 19.7 Å². The van der Waals surface area contributed by atoms with E-state index in [-0.39, 0.29) is 11.3 Å². The van der Waals surface area contributed by atoms with Crippen molar-refractivity contribution in [2.24, 2.45) is 0 Å². The molecule has 0 saturated heterocycles. The first kappa shape index (κ1) is 13.1. The Hall–Kier alpha value is -2.31. The van der Waals surface area contributed by atoms with E-state index in [4.69, 9.17) is 9.86 Å². The van der Waals surface area contributed by atoms with Gasteiger partial charge in [0.2, 0.25) is 0 Å². The van der Waals surface area contributed by atoms with E-state index in [1.807, 2.05) is 6.07 Å². The molecule has 3 N–H and O–H groups in total. The Balaban J connectivity index is 2.22. The largest absolute Gasteiger partial charge is 0.560 e. The summed E-state index contributed by atoms with van der Waals surface area (Å²) < 4.78 is 5.34. The number of carbonyl (C=O) groups is 1. The highest BCUT2D eigenvalue weighted by atomic mass is 16.5. The van der Waals surface area contributed by atoms with Gasteiger partial charge in [-0.2, -0.15) is 0 Å². The molecule has 96 valence electrons. The van der Waals surface area contributed by atoms with Crippen LogP contribution in [0.2, 0.25) is 0 Å². The second kappa shape index (κ2) is 6.04. The topological polar surface area (TPSA) is 78.8 Å². The monoisotopic (exact) mass is 257 g/mol. The van der Waals surface area contributed by atoms with Gasteiger partial charge in [0.25, 0.3) is 5.91 Å². The van der Waals surface area contributed by atoms with E-state index in [1.54, 1.807) is 36.4 Å². The van der Waals surface area contributed by atoms with Gasteiger partial charge in [0.15, 0.2) is 0 Å². The summed E-state index contributed by atoms with van der Waals surface area (Å²) >= 11 is 0. The zero-order valence-corrected chi connectivity index (χ0v) is 9.98. The third kappa shape index (κ3) is 3.12. The van der Waals surface area contributed by atoms with Gasteiger partial charge in [-0.05, 0) is 17.6 Å². The first-order chi connectivity index (χ1) is 9.22. The number of para-hydroxylation sites is 1. The molecule has 19 heavy (non-hydrogen) atoms. The molecule has 2 rings (SSSR count). The summed E-state index contributed by atoms with van der Waals surface area (Å²) in [6, 6.07) is 15.1. The van der Waals surface area contributed by atoms with Crippen molar-refractivity contribution in [2.75, 3.05) is 0 Å². The molecule has 6 heteroatoms. The smallest absolute Gasteiger partial charge is 0.532 e. The zero-order chi connectivity index (χ0) is 13.7. The fourth-order valence-corrected chi connectivity index (χ4v) is 1.62. The van der Waals surface area contributed by atoms with Crippen LogP contribution in [0.4, 0.5) is 0 Å². The van der Waals surface area contributed by atoms with Gasteiger partial charge < -0.3 is 9.68 Å². The van der Waals surface area contributed by atoms with E-state index < -0.39 is 13.0 Å². The van der Waals surface area contributed by atoms with Gasteiger partial charge in [0.1, 0.15) is 5.75 Å². The fraction of sp³-hybridized carbons (Fsp3) is 0. The quantitative estimate of drug-likeness (QED) is 0.425. The van der Waals surface area contributed by atoms with Crippen LogP contribution in [0, 0.1) is 0 Å². The average molecular weight is 257 g/mol. The lowest BCUT2D eigenvalue weighted by atomic mass is 9.79. The summed E-state index contributed by atoms with van der Waals surface area (Å²) in [7, 11) is -1.19. The number of hydrogen-bond donors (Lipinski definition) is 3. The summed E-state index contributed by atoms with van der Waals surface area (Å²) in [6.45, 7) is 0. The van der Waals surface area contributed by atoms with Crippen LogP contribution in [-0.2, 0) is 0 Å². The third-order valence-electron chi connectivity index (χ3n) is 2.56. The molecule has 0 unspecified atom stereocenters. The normalized spacial score (nSPS) is 9.79. The molecule has 2 aromatic rings. The van der Waals surface area contributed by atoms with Crippen LogP contribution in [0.1, 0.15) is 10.4 Å². The lowest BCUT2D eigenvalue weighted by Gasteiger charge is -2.13. The van der Waals surface area contributed by atoms with Crippen LogP contribution >= 0.6 is 0 Å². The molecule has 0 heterocycles. The van der Waals surface area contributed by atoms with Crippen LogP contribution in [0.15, 0.2) is 54.6 Å². The molecule has 2 aromatic carbocycles. The van der Waals surface area contributed by atoms with Gasteiger partial charge >= 0.3 is 7.12 Å². The SMILES string of the molecule is O=C(NO)c1ccccc1OB(O)c1ccccc1. The number of carbonyl (C=O) groups excluding carboxylic acids is 1. The predicted octanol–water partition coefficient (Wildman–Crippen LogP) is 0.572. The number of amides is 1. The number of benzene rings is 2. The molecule has 0 aliphatic rings. The highest BCUT2D eigenvalue weighted by Crippen LogP contribution is 2.18. The van der Waals surface area contributed by atoms with E-state index in [9.17, 15) is 9.82 Å². The van der Waals surface area contributed by atoms with Crippen molar-refractivity contribution in [3.05, 3.63) is 60.2 Å². The molecular formula is C13H12BNO4. The van der Waals surface area contributed by atoms with Crippen molar-refractivity contribution in [2.45, 2.75) is 0 Å². The van der Waals surface area contributed by atoms with Gasteiger partial charge in [-0.25, -0.2) is 5.48 Å². The maximum absolute atomic E-state index is 11.4. The van der Waals surface area contributed by atoms with E-state index in [0.717, 1.165) is 0 Å². The number of nitrogens with one attached hydrogen (secondary N) is 1. The molecule has 0 spiro atoms. The van der Waals surface area contributed by atoms with Crippen LogP contribution in [0.5, 0.6) is 5.75 Å². The molecule has 0 radical (unpaired) electrons. The van der Waals surface area contributed by atoms with Gasteiger partial charge in [0.05, 0.1) is 5.56 Å². The summed E-state index contributed by atoms with van der Waals surface area (Å²) in [5.74, 6) is -0.513. The standard InChI is InChI=1S/C13H12BNO4/c16-13(15-18)11-8-4-5-9-12(11)19-14(17)10-6-2-1-3-7-10/h1-9,17-18H,(H,15,16). The van der Waals surface area contributed by atoms with Crippen LogP contribution in [0.25, 0.3) is 0 Å². The first-order valence-electron chi connectivity index (χ1n) is 5.65. The minimum absolute atomic E-state index is 0.139. The van der Waals surface area contributed by atoms with Crippen molar-refractivity contribution in [3.63, 3.8) is 0 Å². The molecule has 0 saturated carbocycles. The number of rotatable bonds is 4. The number of hydroxylamine groups is 1. The highest BCUT2D eigenvalue weighted by molar-refractivity contribution is 6.60. The van der Waals surface area contributed by atoms with Gasteiger partial charge in [-0.1, -0.05) is 42.5 Å². The molecule has 5 nitrogen and oxygen atoms in total. The predicted molar refractivity (Wildman–Crippen MR) is 70.4 cm³/mol. The second-order valence-electron chi connectivity index (χ2n) is 3.82. The van der Waals surface area contributed by atoms with Crippen molar-refractivity contribution >= 4 is 18.5 Å². The third-order valence-corrected chi connectivity index (χ3v) is 2.56. The number of hydrogen-bond acceptors (Lipinski definition) is 4. The molecule has 0 atom stereocenters. The first-order valence-corrected chi connectivity index (χ1v) is 5.65. The van der Waals surface area contributed by atoms with Gasteiger partial charge in [-0.3, -0.25) is 10.0 Å². The van der Waals surface area contributed by atoms with Crippen LogP contribution in [-0.4, -0.2) is 23.3 Å². The van der Waals surface area contributed by atoms with Crippen molar-refractivity contribution in [1.82, 2.24) is 5.48 Å². The minimum Gasteiger partial charge on any atom is -0.532 e. The fourth-order valence-electron chi connectivity index (χ4n) is 1.62. The van der Waals surface area contributed by atoms with E-state index >= 15 is 0 Å². The summed E-state index contributed by atoms with van der Waals surface area (Å²) in [5.41, 5.74) is 2.24. The molecular weight excluding hydrogens is 245 g/mol. The maximum Gasteiger partial charge on any atom is 0.560 e. The Labute approximate surface area is 110 Å². The lowest BCUT2D eigenvalue weighted by Crippen LogP contribution is -2.37. The lowest BCUT2D eigenvalue weighted by molar-refractivity contribution is 0.0704. The summed E-state index contributed by atoms with van der Waals surface area (Å²) in [6.07, 6.45) is 0. The van der Waals surface area contributed by atoms with Crippen molar-refractivity contribution in [1.29, 1.82) is 0 Å². The Morgan fingerprint density at radius 2 is 1.68 bits per heavy atom. The average Bonchev–Trinajstić information content (AvgIpc) is 2.48. The zero-order valence-electron chi connectivity index (χ0n) is 9.98. The highest BCUT2D eigenvalue weighted by Gasteiger charge is 2.21. The Kier molecular flexibility index (Phi) is 4.17. The van der Waals surface area contributed by atoms with Crippen molar-refractivity contribution in [3.8, 4) is 5.75 Å². The van der Waals surface area contributed by atoms with Crippen LogP contribution in [0.3, 0.4) is 0 Å². The van der Waals surface area contributed by atoms with Gasteiger partial charge in [0, 0.05) is 0 Å². The Bertz CT molecular complexity index is 562. The Morgan fingerprint density at radius 1 is 1.05 bits per heavy atom. The van der Waals surface area contributed by atoms with Gasteiger partial charge in [-0.15, -0.1) is 0 Å². The molecule has 0 fully saturated rings. The summed E-state index contributed by atoms with van der Waals surface area (Å²) in [4.78, 5) is 11.4. The maximum atomic E-state index is 11.4. The van der Waals surface area contributed by atoms with E-state index in [0.29, 0.717) is 5.46 Å². The molecule has 1 amide bonds. The molecule has 0 aliphatic heterocycles. The molecule has 0 aliphatic carbocycles. The Morgan fingerprint density at radius 3 is 2.37 bits per heavy atom. The van der Waals surface area contributed by atoms with Crippen LogP contribution < -0.4 is 15.6 Å². The van der Waals surface area contributed by atoms with E-state index in [2.05, 4.69) is 0 Å². The molecule has 0 aromatic heterocycles. The summed E-state index contributed by atoms with van der Waals surface area (Å²) in [5, 5.41) is 18.6. The minimum atomic E-state index is -1.19.